The normalized spacial score (nSPS) is 10.8. The zero-order valence-electron chi connectivity index (χ0n) is 13.4. The molecule has 2 heterocycles. The second kappa shape index (κ2) is 6.20. The van der Waals surface area contributed by atoms with Crippen LogP contribution in [0.15, 0.2) is 54.7 Å². The fourth-order valence-electron chi connectivity index (χ4n) is 2.46. The molecule has 0 unspecified atom stereocenters. The summed E-state index contributed by atoms with van der Waals surface area (Å²) < 4.78 is 13.5. The van der Waals surface area contributed by atoms with Crippen molar-refractivity contribution in [2.24, 2.45) is 0 Å². The van der Waals surface area contributed by atoms with E-state index in [0.29, 0.717) is 23.0 Å². The van der Waals surface area contributed by atoms with Gasteiger partial charge in [-0.3, -0.25) is 5.10 Å². The highest BCUT2D eigenvalue weighted by atomic mass is 19.1. The number of aromatic nitrogens is 4. The number of hydrogen-bond donors (Lipinski definition) is 3. The van der Waals surface area contributed by atoms with Gasteiger partial charge in [0.05, 0.1) is 5.52 Å². The molecule has 6 nitrogen and oxygen atoms in total. The maximum Gasteiger partial charge on any atom is 0.229 e. The Hall–Kier alpha value is -3.48. The molecule has 0 saturated heterocycles. The van der Waals surface area contributed by atoms with E-state index in [1.165, 1.54) is 17.7 Å². The lowest BCUT2D eigenvalue weighted by Crippen LogP contribution is -2.00. The Labute approximate surface area is 143 Å². The largest absolute Gasteiger partial charge is 0.324 e. The number of nitrogens with zero attached hydrogens (tertiary/aromatic N) is 3. The number of benzene rings is 2. The molecule has 2 aromatic heterocycles. The molecule has 0 amide bonds. The molecule has 3 N–H and O–H groups in total. The average molecular weight is 334 g/mol. The van der Waals surface area contributed by atoms with Crippen molar-refractivity contribution in [3.05, 3.63) is 66.1 Å². The zero-order valence-corrected chi connectivity index (χ0v) is 13.4. The number of aryl methyl sites for hydroxylation is 1. The van der Waals surface area contributed by atoms with Gasteiger partial charge in [-0.05, 0) is 43.3 Å². The molecule has 4 rings (SSSR count). The third-order valence-corrected chi connectivity index (χ3v) is 3.73. The van der Waals surface area contributed by atoms with Gasteiger partial charge in [0.2, 0.25) is 5.95 Å². The van der Waals surface area contributed by atoms with Gasteiger partial charge >= 0.3 is 0 Å². The number of halogens is 1. The van der Waals surface area contributed by atoms with Crippen LogP contribution in [0.5, 0.6) is 0 Å². The first-order chi connectivity index (χ1) is 12.2. The number of anilines is 4. The second-order valence-corrected chi connectivity index (χ2v) is 5.64. The molecule has 0 aliphatic rings. The molecule has 7 heteroatoms. The van der Waals surface area contributed by atoms with Crippen molar-refractivity contribution in [1.29, 1.82) is 0 Å². The van der Waals surface area contributed by atoms with Gasteiger partial charge in [0.15, 0.2) is 5.82 Å². The molecule has 0 spiro atoms. The standard InChI is InChI=1S/C18H15FN6/c1-11-2-5-13(6-3-11)21-18-20-9-8-16(23-18)22-17-14-10-12(19)4-7-15(14)24-25-17/h2-10H,1H3,(H3,20,21,22,23,24,25). The zero-order chi connectivity index (χ0) is 17.2. The molecule has 0 saturated carbocycles. The molecule has 4 aromatic rings. The molecule has 0 fully saturated rings. The van der Waals surface area contributed by atoms with E-state index in [2.05, 4.69) is 30.8 Å². The van der Waals surface area contributed by atoms with Gasteiger partial charge in [0.25, 0.3) is 0 Å². The maximum absolute atomic E-state index is 13.5. The Morgan fingerprint density at radius 1 is 1.00 bits per heavy atom. The number of nitrogens with one attached hydrogen (secondary N) is 3. The van der Waals surface area contributed by atoms with Gasteiger partial charge < -0.3 is 10.6 Å². The number of H-pyrrole nitrogens is 1. The van der Waals surface area contributed by atoms with Crippen LogP contribution in [-0.4, -0.2) is 20.2 Å². The minimum atomic E-state index is -0.318. The number of aromatic amines is 1. The van der Waals surface area contributed by atoms with Gasteiger partial charge in [-0.1, -0.05) is 17.7 Å². The Morgan fingerprint density at radius 3 is 2.68 bits per heavy atom. The van der Waals surface area contributed by atoms with Crippen molar-refractivity contribution in [3.8, 4) is 0 Å². The number of rotatable bonds is 4. The van der Waals surface area contributed by atoms with Crippen LogP contribution in [-0.2, 0) is 0 Å². The Bertz CT molecular complexity index is 1030. The van der Waals surface area contributed by atoms with Crippen LogP contribution in [0.3, 0.4) is 0 Å². The number of fused-ring (bicyclic) bond motifs is 1. The first-order valence-electron chi connectivity index (χ1n) is 7.75. The summed E-state index contributed by atoms with van der Waals surface area (Å²) in [4.78, 5) is 8.63. The van der Waals surface area contributed by atoms with Gasteiger partial charge in [0.1, 0.15) is 11.6 Å². The monoisotopic (exact) mass is 334 g/mol. The molecule has 0 aliphatic heterocycles. The highest BCUT2D eigenvalue weighted by molar-refractivity contribution is 5.91. The smallest absolute Gasteiger partial charge is 0.229 e. The predicted molar refractivity (Wildman–Crippen MR) is 95.8 cm³/mol. The Balaban J connectivity index is 1.58. The van der Waals surface area contributed by atoms with Crippen molar-refractivity contribution in [1.82, 2.24) is 20.2 Å². The van der Waals surface area contributed by atoms with Crippen molar-refractivity contribution in [2.45, 2.75) is 6.92 Å². The highest BCUT2D eigenvalue weighted by Gasteiger charge is 2.08. The summed E-state index contributed by atoms with van der Waals surface area (Å²) >= 11 is 0. The van der Waals surface area contributed by atoms with Crippen LogP contribution in [0.2, 0.25) is 0 Å². The first kappa shape index (κ1) is 15.1. The molecule has 0 atom stereocenters. The minimum absolute atomic E-state index is 0.318. The van der Waals surface area contributed by atoms with Crippen LogP contribution in [0.4, 0.5) is 27.7 Å². The SMILES string of the molecule is Cc1ccc(Nc2nccc(Nc3n[nH]c4ccc(F)cc34)n2)cc1. The minimum Gasteiger partial charge on any atom is -0.324 e. The molecule has 0 aliphatic carbocycles. The van der Waals surface area contributed by atoms with Crippen LogP contribution < -0.4 is 10.6 Å². The fourth-order valence-corrected chi connectivity index (χ4v) is 2.46. The third kappa shape index (κ3) is 3.25. The summed E-state index contributed by atoms with van der Waals surface area (Å²) in [6, 6.07) is 14.1. The van der Waals surface area contributed by atoms with Crippen LogP contribution in [0, 0.1) is 12.7 Å². The summed E-state index contributed by atoms with van der Waals surface area (Å²) in [6.07, 6.45) is 1.64. The van der Waals surface area contributed by atoms with E-state index in [0.717, 1.165) is 11.2 Å². The second-order valence-electron chi connectivity index (χ2n) is 5.64. The molecule has 0 bridgehead atoms. The highest BCUT2D eigenvalue weighted by Crippen LogP contribution is 2.24. The molecule has 0 radical (unpaired) electrons. The summed E-state index contributed by atoms with van der Waals surface area (Å²) in [5, 5.41) is 13.9. The van der Waals surface area contributed by atoms with E-state index in [9.17, 15) is 4.39 Å². The van der Waals surface area contributed by atoms with Crippen LogP contribution >= 0.6 is 0 Å². The van der Waals surface area contributed by atoms with E-state index in [1.54, 1.807) is 18.3 Å². The topological polar surface area (TPSA) is 78.5 Å². The summed E-state index contributed by atoms with van der Waals surface area (Å²) in [5.74, 6) is 1.21. The van der Waals surface area contributed by atoms with Crippen LogP contribution in [0.25, 0.3) is 10.9 Å². The lowest BCUT2D eigenvalue weighted by atomic mass is 10.2. The lowest BCUT2D eigenvalue weighted by molar-refractivity contribution is 0.630. The summed E-state index contributed by atoms with van der Waals surface area (Å²) in [6.45, 7) is 2.03. The van der Waals surface area contributed by atoms with E-state index < -0.39 is 0 Å². The van der Waals surface area contributed by atoms with E-state index in [4.69, 9.17) is 0 Å². The Morgan fingerprint density at radius 2 is 1.84 bits per heavy atom. The van der Waals surface area contributed by atoms with Gasteiger partial charge in [-0.2, -0.15) is 10.1 Å². The van der Waals surface area contributed by atoms with Gasteiger partial charge in [-0.25, -0.2) is 9.37 Å². The van der Waals surface area contributed by atoms with Crippen molar-refractivity contribution >= 4 is 34.2 Å². The first-order valence-corrected chi connectivity index (χ1v) is 7.75. The van der Waals surface area contributed by atoms with Crippen LogP contribution in [0.1, 0.15) is 5.56 Å². The van der Waals surface area contributed by atoms with E-state index in [-0.39, 0.29) is 5.82 Å². The van der Waals surface area contributed by atoms with Crippen molar-refractivity contribution in [3.63, 3.8) is 0 Å². The summed E-state index contributed by atoms with van der Waals surface area (Å²) in [5.41, 5.74) is 2.82. The van der Waals surface area contributed by atoms with Gasteiger partial charge in [-0.15, -0.1) is 0 Å². The molecule has 124 valence electrons. The third-order valence-electron chi connectivity index (χ3n) is 3.73. The molecular weight excluding hydrogens is 319 g/mol. The predicted octanol–water partition coefficient (Wildman–Crippen LogP) is 4.29. The van der Waals surface area contributed by atoms with Crippen molar-refractivity contribution in [2.75, 3.05) is 10.6 Å². The lowest BCUT2D eigenvalue weighted by Gasteiger charge is -2.07. The molecule has 2 aromatic carbocycles. The number of hydrogen-bond acceptors (Lipinski definition) is 5. The van der Waals surface area contributed by atoms with Gasteiger partial charge in [0, 0.05) is 17.3 Å². The van der Waals surface area contributed by atoms with E-state index in [1.807, 2.05) is 31.2 Å². The summed E-state index contributed by atoms with van der Waals surface area (Å²) in [7, 11) is 0. The quantitative estimate of drug-likeness (QED) is 0.519. The average Bonchev–Trinajstić information content (AvgIpc) is 2.99. The van der Waals surface area contributed by atoms with E-state index >= 15 is 0 Å². The van der Waals surface area contributed by atoms with Crippen molar-refractivity contribution < 1.29 is 4.39 Å². The maximum atomic E-state index is 13.5. The molecule has 25 heavy (non-hydrogen) atoms. The molecular formula is C18H15FN6. The Kier molecular flexibility index (Phi) is 3.74. The fraction of sp³-hybridized carbons (Fsp3) is 0.0556.